The Morgan fingerprint density at radius 1 is 0.871 bits per heavy atom. The van der Waals surface area contributed by atoms with Gasteiger partial charge in [-0.05, 0) is 61.9 Å². The molecule has 0 saturated carbocycles. The van der Waals surface area contributed by atoms with E-state index in [1.165, 1.54) is 6.92 Å². The van der Waals surface area contributed by atoms with Gasteiger partial charge in [-0.15, -0.1) is 0 Å². The molecular formula is C25H21BrN2O3. The molecule has 3 aromatic carbocycles. The molecule has 0 radical (unpaired) electrons. The molecule has 5 nitrogen and oxygen atoms in total. The van der Waals surface area contributed by atoms with Gasteiger partial charge >= 0.3 is 0 Å². The maximum Gasteiger partial charge on any atom is 0.272 e. The Balaban J connectivity index is 1.89. The highest BCUT2D eigenvalue weighted by Crippen LogP contribution is 2.16. The van der Waals surface area contributed by atoms with Crippen LogP contribution in [0.4, 0.5) is 5.69 Å². The van der Waals surface area contributed by atoms with Crippen molar-refractivity contribution in [1.29, 1.82) is 0 Å². The van der Waals surface area contributed by atoms with Crippen LogP contribution in [0.5, 0.6) is 0 Å². The van der Waals surface area contributed by atoms with E-state index in [0.717, 1.165) is 15.6 Å². The van der Waals surface area contributed by atoms with Gasteiger partial charge in [-0.25, -0.2) is 0 Å². The van der Waals surface area contributed by atoms with Crippen LogP contribution in [0, 0.1) is 6.92 Å². The third kappa shape index (κ3) is 6.23. The number of anilines is 1. The first-order valence-electron chi connectivity index (χ1n) is 9.59. The standard InChI is InChI=1S/C25H21BrN2O3/c1-16-6-10-19(11-7-16)24(30)28-23(14-18-8-12-21(26)13-9-18)25(31)27-22-5-3-4-20(15-22)17(2)29/h3-15H,1-2H3,(H,27,31)(H,28,30)/b23-14+. The van der Waals surface area contributed by atoms with Crippen LogP contribution in [0.25, 0.3) is 6.08 Å². The van der Waals surface area contributed by atoms with Gasteiger partial charge in [0.05, 0.1) is 0 Å². The summed E-state index contributed by atoms with van der Waals surface area (Å²) < 4.78 is 0.903. The lowest BCUT2D eigenvalue weighted by Gasteiger charge is -2.12. The van der Waals surface area contributed by atoms with Gasteiger partial charge in [0.2, 0.25) is 0 Å². The summed E-state index contributed by atoms with van der Waals surface area (Å²) in [6.07, 6.45) is 1.60. The zero-order valence-electron chi connectivity index (χ0n) is 17.1. The van der Waals surface area contributed by atoms with Crippen molar-refractivity contribution in [2.75, 3.05) is 5.32 Å². The monoisotopic (exact) mass is 476 g/mol. The number of hydrogen-bond donors (Lipinski definition) is 2. The Bertz CT molecular complexity index is 1150. The van der Waals surface area contributed by atoms with Gasteiger partial charge < -0.3 is 10.6 Å². The molecule has 0 spiro atoms. The molecular weight excluding hydrogens is 456 g/mol. The lowest BCUT2D eigenvalue weighted by molar-refractivity contribution is -0.113. The van der Waals surface area contributed by atoms with Crippen LogP contribution in [-0.4, -0.2) is 17.6 Å². The number of nitrogens with one attached hydrogen (secondary N) is 2. The second kappa shape index (κ2) is 10.00. The number of carbonyl (C=O) groups is 3. The van der Waals surface area contributed by atoms with Crippen molar-refractivity contribution in [3.05, 3.63) is 105 Å². The van der Waals surface area contributed by atoms with E-state index < -0.39 is 11.8 Å². The zero-order valence-corrected chi connectivity index (χ0v) is 18.7. The molecule has 3 aromatic rings. The van der Waals surface area contributed by atoms with Gasteiger partial charge in [0.1, 0.15) is 5.70 Å². The summed E-state index contributed by atoms with van der Waals surface area (Å²) in [5.41, 5.74) is 3.25. The molecule has 0 aliphatic carbocycles. The van der Waals surface area contributed by atoms with Gasteiger partial charge in [-0.1, -0.05) is 57.9 Å². The smallest absolute Gasteiger partial charge is 0.272 e. The average Bonchev–Trinajstić information content (AvgIpc) is 2.75. The van der Waals surface area contributed by atoms with Crippen molar-refractivity contribution in [1.82, 2.24) is 5.32 Å². The van der Waals surface area contributed by atoms with Crippen LogP contribution in [-0.2, 0) is 4.79 Å². The van der Waals surface area contributed by atoms with Crippen LogP contribution in [0.2, 0.25) is 0 Å². The quantitative estimate of drug-likeness (QED) is 0.370. The van der Waals surface area contributed by atoms with Gasteiger partial charge in [-0.2, -0.15) is 0 Å². The van der Waals surface area contributed by atoms with Crippen molar-refractivity contribution >= 4 is 45.3 Å². The molecule has 3 rings (SSSR count). The highest BCUT2D eigenvalue weighted by molar-refractivity contribution is 9.10. The molecule has 31 heavy (non-hydrogen) atoms. The molecule has 0 aliphatic heterocycles. The maximum atomic E-state index is 13.0. The van der Waals surface area contributed by atoms with E-state index >= 15 is 0 Å². The molecule has 0 aliphatic rings. The molecule has 0 saturated heterocycles. The summed E-state index contributed by atoms with van der Waals surface area (Å²) in [4.78, 5) is 37.4. The Morgan fingerprint density at radius 2 is 1.55 bits per heavy atom. The molecule has 6 heteroatoms. The summed E-state index contributed by atoms with van der Waals surface area (Å²) >= 11 is 3.38. The zero-order chi connectivity index (χ0) is 22.4. The minimum Gasteiger partial charge on any atom is -0.321 e. The first kappa shape index (κ1) is 22.2. The van der Waals surface area contributed by atoms with E-state index in [1.54, 1.807) is 42.5 Å². The van der Waals surface area contributed by atoms with E-state index in [2.05, 4.69) is 26.6 Å². The second-order valence-corrected chi connectivity index (χ2v) is 7.94. The highest BCUT2D eigenvalue weighted by atomic mass is 79.9. The van der Waals surface area contributed by atoms with Crippen LogP contribution < -0.4 is 10.6 Å². The van der Waals surface area contributed by atoms with E-state index in [0.29, 0.717) is 16.8 Å². The molecule has 0 unspecified atom stereocenters. The highest BCUT2D eigenvalue weighted by Gasteiger charge is 2.15. The predicted molar refractivity (Wildman–Crippen MR) is 126 cm³/mol. The van der Waals surface area contributed by atoms with Crippen molar-refractivity contribution < 1.29 is 14.4 Å². The fraction of sp³-hybridized carbons (Fsp3) is 0.0800. The molecule has 156 valence electrons. The number of Topliss-reactive ketones (excluding diaryl/α,β-unsaturated/α-hetero) is 1. The fourth-order valence-electron chi connectivity index (χ4n) is 2.80. The number of benzene rings is 3. The number of ketones is 1. The normalized spacial score (nSPS) is 11.0. The minimum atomic E-state index is -0.496. The Labute approximate surface area is 189 Å². The first-order chi connectivity index (χ1) is 14.8. The van der Waals surface area contributed by atoms with Crippen molar-refractivity contribution in [3.63, 3.8) is 0 Å². The lowest BCUT2D eigenvalue weighted by atomic mass is 10.1. The van der Waals surface area contributed by atoms with E-state index in [9.17, 15) is 14.4 Å². The van der Waals surface area contributed by atoms with Crippen LogP contribution in [0.15, 0.2) is 83.0 Å². The van der Waals surface area contributed by atoms with Crippen LogP contribution in [0.1, 0.15) is 38.8 Å². The van der Waals surface area contributed by atoms with Gasteiger partial charge in [0, 0.05) is 21.3 Å². The van der Waals surface area contributed by atoms with E-state index in [4.69, 9.17) is 0 Å². The second-order valence-electron chi connectivity index (χ2n) is 7.02. The molecule has 0 atom stereocenters. The minimum absolute atomic E-state index is 0.0844. The first-order valence-corrected chi connectivity index (χ1v) is 10.4. The molecule has 0 bridgehead atoms. The topological polar surface area (TPSA) is 75.3 Å². The molecule has 2 amide bonds. The van der Waals surface area contributed by atoms with Crippen molar-refractivity contribution in [3.8, 4) is 0 Å². The molecule has 0 aromatic heterocycles. The van der Waals surface area contributed by atoms with Crippen molar-refractivity contribution in [2.24, 2.45) is 0 Å². The van der Waals surface area contributed by atoms with Gasteiger partial charge in [0.25, 0.3) is 11.8 Å². The van der Waals surface area contributed by atoms with Crippen LogP contribution in [0.3, 0.4) is 0 Å². The Kier molecular flexibility index (Phi) is 7.15. The SMILES string of the molecule is CC(=O)c1cccc(NC(=O)/C(=C\c2ccc(Br)cc2)NC(=O)c2ccc(C)cc2)c1. The summed E-state index contributed by atoms with van der Waals surface area (Å²) in [6.45, 7) is 3.39. The van der Waals surface area contributed by atoms with Gasteiger partial charge in [-0.3, -0.25) is 14.4 Å². The van der Waals surface area contributed by atoms with Crippen LogP contribution >= 0.6 is 15.9 Å². The maximum absolute atomic E-state index is 13.0. The fourth-order valence-corrected chi connectivity index (χ4v) is 3.06. The Hall–Kier alpha value is -3.51. The third-order valence-electron chi connectivity index (χ3n) is 4.51. The molecule has 0 fully saturated rings. The van der Waals surface area contributed by atoms with E-state index in [-0.39, 0.29) is 11.5 Å². The number of aryl methyl sites for hydroxylation is 1. The summed E-state index contributed by atoms with van der Waals surface area (Å²) in [6, 6.07) is 21.1. The largest absolute Gasteiger partial charge is 0.321 e. The Morgan fingerprint density at radius 3 is 2.19 bits per heavy atom. The third-order valence-corrected chi connectivity index (χ3v) is 5.04. The molecule has 2 N–H and O–H groups in total. The number of amides is 2. The number of hydrogen-bond acceptors (Lipinski definition) is 3. The average molecular weight is 477 g/mol. The van der Waals surface area contributed by atoms with Crippen molar-refractivity contribution in [2.45, 2.75) is 13.8 Å². The number of halogens is 1. The summed E-state index contributed by atoms with van der Waals surface area (Å²) in [7, 11) is 0. The lowest BCUT2D eigenvalue weighted by Crippen LogP contribution is -2.30. The van der Waals surface area contributed by atoms with E-state index in [1.807, 2.05) is 43.3 Å². The number of carbonyl (C=O) groups excluding carboxylic acids is 3. The number of rotatable bonds is 6. The predicted octanol–water partition coefficient (Wildman–Crippen LogP) is 5.37. The summed E-state index contributed by atoms with van der Waals surface area (Å²) in [5, 5.41) is 5.46. The summed E-state index contributed by atoms with van der Waals surface area (Å²) in [5.74, 6) is -0.991. The molecule has 0 heterocycles. The van der Waals surface area contributed by atoms with Gasteiger partial charge in [0.15, 0.2) is 5.78 Å².